The molecule has 0 aliphatic rings. The topological polar surface area (TPSA) is 55.5 Å². The highest BCUT2D eigenvalue weighted by Gasteiger charge is 2.03. The SMILES string of the molecule is Nc1ccc(Oc2ccccc2)c(O)c1. The minimum Gasteiger partial charge on any atom is -0.504 e. The van der Waals surface area contributed by atoms with Crippen LogP contribution in [-0.2, 0) is 0 Å². The molecule has 76 valence electrons. The van der Waals surface area contributed by atoms with Gasteiger partial charge in [0.15, 0.2) is 11.5 Å². The molecule has 0 bridgehead atoms. The summed E-state index contributed by atoms with van der Waals surface area (Å²) in [7, 11) is 0. The first-order valence-electron chi connectivity index (χ1n) is 4.57. The van der Waals surface area contributed by atoms with Crippen molar-refractivity contribution < 1.29 is 9.84 Å². The third kappa shape index (κ3) is 2.20. The molecule has 0 amide bonds. The zero-order valence-corrected chi connectivity index (χ0v) is 8.05. The van der Waals surface area contributed by atoms with E-state index in [-0.39, 0.29) is 5.75 Å². The lowest BCUT2D eigenvalue weighted by atomic mass is 10.3. The van der Waals surface area contributed by atoms with Gasteiger partial charge < -0.3 is 15.6 Å². The van der Waals surface area contributed by atoms with E-state index in [1.54, 1.807) is 12.1 Å². The summed E-state index contributed by atoms with van der Waals surface area (Å²) in [4.78, 5) is 0. The fraction of sp³-hybridized carbons (Fsp3) is 0. The zero-order valence-electron chi connectivity index (χ0n) is 8.05. The van der Waals surface area contributed by atoms with Gasteiger partial charge in [0.1, 0.15) is 5.75 Å². The maximum atomic E-state index is 9.55. The van der Waals surface area contributed by atoms with Gasteiger partial charge in [-0.25, -0.2) is 0 Å². The number of phenols is 1. The van der Waals surface area contributed by atoms with Crippen LogP contribution >= 0.6 is 0 Å². The Hall–Kier alpha value is -2.16. The standard InChI is InChI=1S/C12H11NO2/c13-9-6-7-12(11(14)8-9)15-10-4-2-1-3-5-10/h1-8,14H,13H2. The Balaban J connectivity index is 2.25. The van der Waals surface area contributed by atoms with Gasteiger partial charge in [-0.1, -0.05) is 18.2 Å². The zero-order chi connectivity index (χ0) is 10.7. The van der Waals surface area contributed by atoms with Gasteiger partial charge in [0.05, 0.1) is 0 Å². The third-order valence-electron chi connectivity index (χ3n) is 1.95. The minimum atomic E-state index is 0.0406. The van der Waals surface area contributed by atoms with Crippen LogP contribution in [0.3, 0.4) is 0 Å². The van der Waals surface area contributed by atoms with Crippen molar-refractivity contribution in [1.29, 1.82) is 0 Å². The lowest BCUT2D eigenvalue weighted by molar-refractivity contribution is 0.411. The van der Waals surface area contributed by atoms with Crippen LogP contribution in [0.5, 0.6) is 17.2 Å². The molecule has 0 spiro atoms. The molecule has 2 aromatic carbocycles. The van der Waals surface area contributed by atoms with Crippen molar-refractivity contribution in [3.8, 4) is 17.2 Å². The lowest BCUT2D eigenvalue weighted by Crippen LogP contribution is -1.87. The number of rotatable bonds is 2. The predicted molar refractivity (Wildman–Crippen MR) is 59.0 cm³/mol. The number of hydrogen-bond donors (Lipinski definition) is 2. The second-order valence-corrected chi connectivity index (χ2v) is 3.14. The van der Waals surface area contributed by atoms with E-state index in [9.17, 15) is 5.11 Å². The third-order valence-corrected chi connectivity index (χ3v) is 1.95. The second-order valence-electron chi connectivity index (χ2n) is 3.14. The van der Waals surface area contributed by atoms with Crippen molar-refractivity contribution in [2.75, 3.05) is 5.73 Å². The van der Waals surface area contributed by atoms with E-state index in [1.165, 1.54) is 6.07 Å². The van der Waals surface area contributed by atoms with Gasteiger partial charge in [0, 0.05) is 11.8 Å². The molecule has 0 aliphatic carbocycles. The summed E-state index contributed by atoms with van der Waals surface area (Å²) in [6, 6.07) is 14.0. The maximum Gasteiger partial charge on any atom is 0.169 e. The first-order valence-corrected chi connectivity index (χ1v) is 4.57. The molecule has 0 aliphatic heterocycles. The van der Waals surface area contributed by atoms with Crippen LogP contribution < -0.4 is 10.5 Å². The number of phenolic OH excluding ortho intramolecular Hbond substituents is 1. The molecule has 3 nitrogen and oxygen atoms in total. The molecule has 2 rings (SSSR count). The lowest BCUT2D eigenvalue weighted by Gasteiger charge is -2.07. The van der Waals surface area contributed by atoms with Crippen molar-refractivity contribution in [3.63, 3.8) is 0 Å². The van der Waals surface area contributed by atoms with E-state index >= 15 is 0 Å². The average Bonchev–Trinajstić information content (AvgIpc) is 2.24. The number of para-hydroxylation sites is 1. The largest absolute Gasteiger partial charge is 0.504 e. The van der Waals surface area contributed by atoms with Crippen molar-refractivity contribution in [2.24, 2.45) is 0 Å². The van der Waals surface area contributed by atoms with Gasteiger partial charge in [-0.3, -0.25) is 0 Å². The molecular weight excluding hydrogens is 190 g/mol. The Bertz CT molecular complexity index is 454. The smallest absolute Gasteiger partial charge is 0.169 e. The molecule has 0 saturated heterocycles. The van der Waals surface area contributed by atoms with E-state index in [0.29, 0.717) is 17.2 Å². The second kappa shape index (κ2) is 3.92. The van der Waals surface area contributed by atoms with Crippen LogP contribution in [0, 0.1) is 0 Å². The monoisotopic (exact) mass is 201 g/mol. The normalized spacial score (nSPS) is 9.87. The van der Waals surface area contributed by atoms with Gasteiger partial charge in [-0.05, 0) is 24.3 Å². The minimum absolute atomic E-state index is 0.0406. The van der Waals surface area contributed by atoms with Crippen LogP contribution in [0.25, 0.3) is 0 Å². The van der Waals surface area contributed by atoms with Crippen LogP contribution in [0.1, 0.15) is 0 Å². The summed E-state index contributed by atoms with van der Waals surface area (Å²) < 4.78 is 5.46. The number of nitrogen functional groups attached to an aromatic ring is 1. The number of aromatic hydroxyl groups is 1. The Morgan fingerprint density at radius 1 is 1.00 bits per heavy atom. The number of anilines is 1. The molecule has 0 heterocycles. The van der Waals surface area contributed by atoms with Gasteiger partial charge >= 0.3 is 0 Å². The van der Waals surface area contributed by atoms with E-state index in [2.05, 4.69) is 0 Å². The average molecular weight is 201 g/mol. The van der Waals surface area contributed by atoms with E-state index in [1.807, 2.05) is 30.3 Å². The van der Waals surface area contributed by atoms with Crippen molar-refractivity contribution in [3.05, 3.63) is 48.5 Å². The predicted octanol–water partition coefficient (Wildman–Crippen LogP) is 2.77. The van der Waals surface area contributed by atoms with Gasteiger partial charge in [-0.15, -0.1) is 0 Å². The molecule has 0 fully saturated rings. The molecule has 2 aromatic rings. The molecule has 0 atom stereocenters. The Labute approximate surface area is 87.7 Å². The summed E-state index contributed by atoms with van der Waals surface area (Å²) in [5.74, 6) is 1.12. The van der Waals surface area contributed by atoms with Crippen LogP contribution in [-0.4, -0.2) is 5.11 Å². The van der Waals surface area contributed by atoms with Crippen LogP contribution in [0.2, 0.25) is 0 Å². The quantitative estimate of drug-likeness (QED) is 0.734. The first kappa shape index (κ1) is 9.40. The summed E-state index contributed by atoms with van der Waals surface area (Å²) in [6.45, 7) is 0. The fourth-order valence-corrected chi connectivity index (χ4v) is 1.24. The maximum absolute atomic E-state index is 9.55. The van der Waals surface area contributed by atoms with Crippen molar-refractivity contribution >= 4 is 5.69 Å². The van der Waals surface area contributed by atoms with Crippen LogP contribution in [0.4, 0.5) is 5.69 Å². The number of nitrogens with two attached hydrogens (primary N) is 1. The Kier molecular flexibility index (Phi) is 2.46. The molecular formula is C12H11NO2. The van der Waals surface area contributed by atoms with Crippen molar-refractivity contribution in [1.82, 2.24) is 0 Å². The van der Waals surface area contributed by atoms with E-state index in [0.717, 1.165) is 0 Å². The highest BCUT2D eigenvalue weighted by atomic mass is 16.5. The molecule has 0 unspecified atom stereocenters. The number of benzene rings is 2. The molecule has 3 N–H and O–H groups in total. The summed E-state index contributed by atoms with van der Waals surface area (Å²) >= 11 is 0. The molecule has 15 heavy (non-hydrogen) atoms. The summed E-state index contributed by atoms with van der Waals surface area (Å²) in [6.07, 6.45) is 0. The van der Waals surface area contributed by atoms with E-state index in [4.69, 9.17) is 10.5 Å². The van der Waals surface area contributed by atoms with Gasteiger partial charge in [-0.2, -0.15) is 0 Å². The Morgan fingerprint density at radius 2 is 1.73 bits per heavy atom. The summed E-state index contributed by atoms with van der Waals surface area (Å²) in [5.41, 5.74) is 6.01. The van der Waals surface area contributed by atoms with Crippen LogP contribution in [0.15, 0.2) is 48.5 Å². The fourth-order valence-electron chi connectivity index (χ4n) is 1.24. The van der Waals surface area contributed by atoms with E-state index < -0.39 is 0 Å². The highest BCUT2D eigenvalue weighted by Crippen LogP contribution is 2.31. The van der Waals surface area contributed by atoms with Gasteiger partial charge in [0.2, 0.25) is 0 Å². The molecule has 0 aromatic heterocycles. The summed E-state index contributed by atoms with van der Waals surface area (Å²) in [5, 5.41) is 9.55. The Morgan fingerprint density at radius 3 is 2.40 bits per heavy atom. The molecule has 0 radical (unpaired) electrons. The first-order chi connectivity index (χ1) is 7.25. The molecule has 0 saturated carbocycles. The van der Waals surface area contributed by atoms with Crippen molar-refractivity contribution in [2.45, 2.75) is 0 Å². The van der Waals surface area contributed by atoms with Gasteiger partial charge in [0.25, 0.3) is 0 Å². The highest BCUT2D eigenvalue weighted by molar-refractivity contribution is 5.52. The number of hydrogen-bond acceptors (Lipinski definition) is 3. The number of ether oxygens (including phenoxy) is 1. The molecule has 3 heteroatoms.